The number of rotatable bonds is 8. The van der Waals surface area contributed by atoms with Gasteiger partial charge in [0.1, 0.15) is 0 Å². The maximum absolute atomic E-state index is 9.26. The third kappa shape index (κ3) is 5.75. The summed E-state index contributed by atoms with van der Waals surface area (Å²) in [5.74, 6) is 1.50. The lowest BCUT2D eigenvalue weighted by molar-refractivity contribution is 0.186. The molecule has 1 aromatic rings. The van der Waals surface area contributed by atoms with Gasteiger partial charge in [0, 0.05) is 13.2 Å². The second-order valence-electron chi connectivity index (χ2n) is 6.04. The fourth-order valence-corrected chi connectivity index (χ4v) is 2.10. The van der Waals surface area contributed by atoms with E-state index in [-0.39, 0.29) is 6.61 Å². The Morgan fingerprint density at radius 2 is 1.68 bits per heavy atom. The highest BCUT2D eigenvalue weighted by Crippen LogP contribution is 2.14. The molecular weight excluding hydrogens is 234 g/mol. The second-order valence-corrected chi connectivity index (χ2v) is 6.04. The number of nitrogens with one attached hydrogen (secondary N) is 1. The highest BCUT2D eigenvalue weighted by atomic mass is 16.3. The Morgan fingerprint density at radius 3 is 2.16 bits per heavy atom. The maximum atomic E-state index is 9.26. The quantitative estimate of drug-likeness (QED) is 0.706. The molecule has 19 heavy (non-hydrogen) atoms. The van der Waals surface area contributed by atoms with Crippen molar-refractivity contribution in [2.24, 2.45) is 11.8 Å². The summed E-state index contributed by atoms with van der Waals surface area (Å²) in [4.78, 5) is 0. The number of hydrogen-bond donors (Lipinski definition) is 2. The second kappa shape index (κ2) is 8.34. The Morgan fingerprint density at radius 1 is 1.05 bits per heavy atom. The summed E-state index contributed by atoms with van der Waals surface area (Å²) in [6, 6.07) is 8.90. The van der Waals surface area contributed by atoms with Crippen molar-refractivity contribution >= 4 is 0 Å². The van der Waals surface area contributed by atoms with E-state index >= 15 is 0 Å². The molecule has 0 bridgehead atoms. The molecule has 0 aromatic heterocycles. The highest BCUT2D eigenvalue weighted by molar-refractivity contribution is 5.24. The van der Waals surface area contributed by atoms with Crippen LogP contribution in [0.15, 0.2) is 24.3 Å². The molecule has 0 aliphatic rings. The summed E-state index contributed by atoms with van der Waals surface area (Å²) in [6.07, 6.45) is 1.05. The van der Waals surface area contributed by atoms with Crippen molar-refractivity contribution in [1.29, 1.82) is 0 Å². The van der Waals surface area contributed by atoms with Gasteiger partial charge in [-0.15, -0.1) is 0 Å². The minimum atomic E-state index is 0.272. The van der Waals surface area contributed by atoms with Crippen molar-refractivity contribution in [3.05, 3.63) is 35.4 Å². The standard InChI is InChI=1S/C17H29NO/c1-13(2)16-7-5-15(6-8-16)9-10-18-11-17(12-19)14(3)4/h5-8,13-14,17-19H,9-12H2,1-4H3. The molecule has 0 aliphatic carbocycles. The molecule has 0 aliphatic heterocycles. The van der Waals surface area contributed by atoms with Crippen LogP contribution in [0.4, 0.5) is 0 Å². The van der Waals surface area contributed by atoms with Crippen molar-refractivity contribution in [2.75, 3.05) is 19.7 Å². The van der Waals surface area contributed by atoms with Gasteiger partial charge in [-0.2, -0.15) is 0 Å². The smallest absolute Gasteiger partial charge is 0.0473 e. The predicted molar refractivity (Wildman–Crippen MR) is 82.5 cm³/mol. The van der Waals surface area contributed by atoms with Crippen LogP contribution in [0.25, 0.3) is 0 Å². The molecule has 108 valence electrons. The summed E-state index contributed by atoms with van der Waals surface area (Å²) in [5.41, 5.74) is 2.78. The molecule has 0 saturated carbocycles. The molecule has 2 heteroatoms. The van der Waals surface area contributed by atoms with E-state index in [1.165, 1.54) is 11.1 Å². The summed E-state index contributed by atoms with van der Waals surface area (Å²) in [7, 11) is 0. The Hall–Kier alpha value is -0.860. The van der Waals surface area contributed by atoms with Gasteiger partial charge in [0.15, 0.2) is 0 Å². The first kappa shape index (κ1) is 16.2. The third-order valence-corrected chi connectivity index (χ3v) is 3.82. The van der Waals surface area contributed by atoms with E-state index in [1.54, 1.807) is 0 Å². The van der Waals surface area contributed by atoms with Crippen molar-refractivity contribution in [3.63, 3.8) is 0 Å². The van der Waals surface area contributed by atoms with E-state index in [0.717, 1.165) is 19.5 Å². The van der Waals surface area contributed by atoms with E-state index in [9.17, 15) is 5.11 Å². The summed E-state index contributed by atoms with van der Waals surface area (Å²) < 4.78 is 0. The lowest BCUT2D eigenvalue weighted by Gasteiger charge is -2.18. The summed E-state index contributed by atoms with van der Waals surface area (Å²) in [5, 5.41) is 12.7. The molecule has 0 amide bonds. The van der Waals surface area contributed by atoms with E-state index in [1.807, 2.05) is 0 Å². The van der Waals surface area contributed by atoms with Crippen LogP contribution in [0, 0.1) is 11.8 Å². The van der Waals surface area contributed by atoms with E-state index in [4.69, 9.17) is 0 Å². The first-order chi connectivity index (χ1) is 9.04. The molecule has 0 spiro atoms. The van der Waals surface area contributed by atoms with Crippen LogP contribution in [0.5, 0.6) is 0 Å². The highest BCUT2D eigenvalue weighted by Gasteiger charge is 2.10. The molecule has 0 radical (unpaired) electrons. The van der Waals surface area contributed by atoms with Crippen LogP contribution in [-0.2, 0) is 6.42 Å². The Labute approximate surface area is 118 Å². The SMILES string of the molecule is CC(C)c1ccc(CCNCC(CO)C(C)C)cc1. The Balaban J connectivity index is 2.29. The summed E-state index contributed by atoms with van der Waals surface area (Å²) in [6.45, 7) is 10.9. The van der Waals surface area contributed by atoms with E-state index in [2.05, 4.69) is 57.3 Å². The minimum Gasteiger partial charge on any atom is -0.396 e. The molecule has 0 fully saturated rings. The molecule has 2 N–H and O–H groups in total. The molecule has 1 atom stereocenters. The Kier molecular flexibility index (Phi) is 7.11. The van der Waals surface area contributed by atoms with Gasteiger partial charge in [-0.3, -0.25) is 0 Å². The van der Waals surface area contributed by atoms with Crippen LogP contribution >= 0.6 is 0 Å². The number of hydrogen-bond acceptors (Lipinski definition) is 2. The van der Waals surface area contributed by atoms with Crippen LogP contribution < -0.4 is 5.32 Å². The largest absolute Gasteiger partial charge is 0.396 e. The van der Waals surface area contributed by atoms with Crippen LogP contribution in [-0.4, -0.2) is 24.8 Å². The monoisotopic (exact) mass is 263 g/mol. The van der Waals surface area contributed by atoms with Gasteiger partial charge in [-0.05, 0) is 41.8 Å². The minimum absolute atomic E-state index is 0.272. The number of benzene rings is 1. The lowest BCUT2D eigenvalue weighted by Crippen LogP contribution is -2.30. The van der Waals surface area contributed by atoms with Gasteiger partial charge in [0.2, 0.25) is 0 Å². The maximum Gasteiger partial charge on any atom is 0.0473 e. The van der Waals surface area contributed by atoms with Crippen LogP contribution in [0.3, 0.4) is 0 Å². The number of aliphatic hydroxyl groups excluding tert-OH is 1. The average molecular weight is 263 g/mol. The van der Waals surface area contributed by atoms with Crippen LogP contribution in [0.2, 0.25) is 0 Å². The van der Waals surface area contributed by atoms with Gasteiger partial charge < -0.3 is 10.4 Å². The fourth-order valence-electron chi connectivity index (χ4n) is 2.10. The van der Waals surface area contributed by atoms with Crippen molar-refractivity contribution in [2.45, 2.75) is 40.0 Å². The van der Waals surface area contributed by atoms with E-state index in [0.29, 0.717) is 17.8 Å². The molecule has 2 nitrogen and oxygen atoms in total. The zero-order valence-electron chi connectivity index (χ0n) is 12.8. The average Bonchev–Trinajstić information content (AvgIpc) is 2.38. The fraction of sp³-hybridized carbons (Fsp3) is 0.647. The van der Waals surface area contributed by atoms with Crippen molar-refractivity contribution in [3.8, 4) is 0 Å². The van der Waals surface area contributed by atoms with Gasteiger partial charge >= 0.3 is 0 Å². The zero-order chi connectivity index (χ0) is 14.3. The molecular formula is C17H29NO. The first-order valence-corrected chi connectivity index (χ1v) is 7.45. The zero-order valence-corrected chi connectivity index (χ0v) is 12.8. The van der Waals surface area contributed by atoms with Gasteiger partial charge in [0.25, 0.3) is 0 Å². The predicted octanol–water partition coefficient (Wildman–Crippen LogP) is 3.21. The van der Waals surface area contributed by atoms with Crippen molar-refractivity contribution in [1.82, 2.24) is 5.32 Å². The van der Waals surface area contributed by atoms with Crippen LogP contribution in [0.1, 0.15) is 44.7 Å². The third-order valence-electron chi connectivity index (χ3n) is 3.82. The molecule has 0 saturated heterocycles. The molecule has 1 rings (SSSR count). The first-order valence-electron chi connectivity index (χ1n) is 7.45. The Bertz CT molecular complexity index is 343. The molecule has 1 unspecified atom stereocenters. The van der Waals surface area contributed by atoms with E-state index < -0.39 is 0 Å². The lowest BCUT2D eigenvalue weighted by atomic mass is 9.97. The van der Waals surface area contributed by atoms with Gasteiger partial charge in [0.05, 0.1) is 0 Å². The normalized spacial score (nSPS) is 13.2. The topological polar surface area (TPSA) is 32.3 Å². The molecule has 0 heterocycles. The van der Waals surface area contributed by atoms with Crippen molar-refractivity contribution < 1.29 is 5.11 Å². The van der Waals surface area contributed by atoms with Gasteiger partial charge in [-0.25, -0.2) is 0 Å². The summed E-state index contributed by atoms with van der Waals surface area (Å²) >= 11 is 0. The van der Waals surface area contributed by atoms with Gasteiger partial charge in [-0.1, -0.05) is 52.0 Å². The molecule has 1 aromatic carbocycles. The number of aliphatic hydroxyl groups is 1.